The lowest BCUT2D eigenvalue weighted by molar-refractivity contribution is -0.140. The van der Waals surface area contributed by atoms with Gasteiger partial charge < -0.3 is 23.8 Å². The van der Waals surface area contributed by atoms with Gasteiger partial charge in [-0.05, 0) is 42.5 Å². The Morgan fingerprint density at radius 3 is 2.28 bits per heavy atom. The average molecular weight is 438 g/mol. The smallest absolute Gasteiger partial charge is 0.355 e. The van der Waals surface area contributed by atoms with Gasteiger partial charge >= 0.3 is 11.9 Å². The first-order valence-corrected chi connectivity index (χ1v) is 9.18. The second-order valence-corrected chi connectivity index (χ2v) is 6.76. The van der Waals surface area contributed by atoms with Crippen LogP contribution in [-0.4, -0.2) is 39.5 Å². The molecule has 0 saturated heterocycles. The first kappa shape index (κ1) is 21.0. The SMILES string of the molecule is COC(=O)C1=C(C(=O)OC)N(c2cc(Cl)ccc2Oc2ccc(Cl)cc2)COC1. The number of anilines is 1. The molecule has 1 heterocycles. The Morgan fingerprint density at radius 2 is 1.62 bits per heavy atom. The van der Waals surface area contributed by atoms with E-state index in [1.54, 1.807) is 42.5 Å². The third kappa shape index (κ3) is 4.64. The van der Waals surface area contributed by atoms with Crippen LogP contribution in [-0.2, 0) is 23.8 Å². The number of nitrogens with zero attached hydrogens (tertiary/aromatic N) is 1. The van der Waals surface area contributed by atoms with Gasteiger partial charge in [-0.15, -0.1) is 0 Å². The van der Waals surface area contributed by atoms with E-state index in [9.17, 15) is 9.59 Å². The standard InChI is InChI=1S/C20H17Cl2NO6/c1-26-19(24)15-10-28-11-23(18(15)20(25)27-2)16-9-13(22)5-8-17(16)29-14-6-3-12(21)4-7-14/h3-9H,10-11H2,1-2H3. The summed E-state index contributed by atoms with van der Waals surface area (Å²) in [6, 6.07) is 11.7. The number of esters is 2. The molecule has 0 amide bonds. The van der Waals surface area contributed by atoms with Crippen LogP contribution in [0.15, 0.2) is 53.7 Å². The van der Waals surface area contributed by atoms with Crippen LogP contribution in [0.4, 0.5) is 5.69 Å². The maximum Gasteiger partial charge on any atom is 0.355 e. The fraction of sp³-hybridized carbons (Fsp3) is 0.200. The molecule has 152 valence electrons. The summed E-state index contributed by atoms with van der Waals surface area (Å²) < 4.78 is 21.1. The molecule has 1 aliphatic rings. The van der Waals surface area contributed by atoms with Crippen molar-refractivity contribution >= 4 is 40.8 Å². The predicted molar refractivity (Wildman–Crippen MR) is 107 cm³/mol. The number of ether oxygens (including phenoxy) is 4. The van der Waals surface area contributed by atoms with Gasteiger partial charge in [0.15, 0.2) is 5.75 Å². The van der Waals surface area contributed by atoms with Crippen LogP contribution in [0.25, 0.3) is 0 Å². The number of carbonyl (C=O) groups is 2. The maximum absolute atomic E-state index is 12.5. The minimum atomic E-state index is -0.717. The zero-order chi connectivity index (χ0) is 21.0. The van der Waals surface area contributed by atoms with Crippen molar-refractivity contribution in [1.29, 1.82) is 0 Å². The first-order chi connectivity index (χ1) is 13.9. The Hall–Kier alpha value is -2.74. The summed E-state index contributed by atoms with van der Waals surface area (Å²) in [6.45, 7) is -0.121. The van der Waals surface area contributed by atoms with Gasteiger partial charge in [0, 0.05) is 10.0 Å². The summed E-state index contributed by atoms with van der Waals surface area (Å²) in [6.07, 6.45) is 0. The zero-order valence-corrected chi connectivity index (χ0v) is 17.1. The highest BCUT2D eigenvalue weighted by atomic mass is 35.5. The van der Waals surface area contributed by atoms with Crippen LogP contribution in [0.3, 0.4) is 0 Å². The van der Waals surface area contributed by atoms with Gasteiger partial charge in [-0.1, -0.05) is 23.2 Å². The zero-order valence-electron chi connectivity index (χ0n) is 15.6. The summed E-state index contributed by atoms with van der Waals surface area (Å²) in [7, 11) is 2.44. The number of hydrogen-bond donors (Lipinski definition) is 0. The highest BCUT2D eigenvalue weighted by Gasteiger charge is 2.33. The molecule has 7 nitrogen and oxygen atoms in total. The number of halogens is 2. The molecule has 2 aromatic carbocycles. The molecule has 0 atom stereocenters. The van der Waals surface area contributed by atoms with Crippen LogP contribution in [0.2, 0.25) is 10.0 Å². The molecule has 0 unspecified atom stereocenters. The lowest BCUT2D eigenvalue weighted by Crippen LogP contribution is -2.39. The highest BCUT2D eigenvalue weighted by molar-refractivity contribution is 6.31. The summed E-state index contributed by atoms with van der Waals surface area (Å²) in [4.78, 5) is 26.1. The predicted octanol–water partition coefficient (Wildman–Crippen LogP) is 4.18. The highest BCUT2D eigenvalue weighted by Crippen LogP contribution is 2.38. The van der Waals surface area contributed by atoms with Crippen molar-refractivity contribution in [2.75, 3.05) is 32.5 Å². The fourth-order valence-electron chi connectivity index (χ4n) is 2.75. The minimum absolute atomic E-state index is 0.00572. The second-order valence-electron chi connectivity index (χ2n) is 5.88. The van der Waals surface area contributed by atoms with Crippen molar-refractivity contribution in [3.8, 4) is 11.5 Å². The summed E-state index contributed by atoms with van der Waals surface area (Å²) >= 11 is 12.1. The topological polar surface area (TPSA) is 74.3 Å². The van der Waals surface area contributed by atoms with Gasteiger partial charge in [-0.3, -0.25) is 0 Å². The van der Waals surface area contributed by atoms with E-state index in [-0.39, 0.29) is 24.6 Å². The molecule has 2 aromatic rings. The monoisotopic (exact) mass is 437 g/mol. The van der Waals surface area contributed by atoms with E-state index in [1.807, 2.05) is 0 Å². The fourth-order valence-corrected chi connectivity index (χ4v) is 3.04. The molecular formula is C20H17Cl2NO6. The van der Waals surface area contributed by atoms with Crippen LogP contribution in [0.1, 0.15) is 0 Å². The molecule has 0 fully saturated rings. The van der Waals surface area contributed by atoms with E-state index in [0.717, 1.165) is 0 Å². The molecule has 0 aliphatic carbocycles. The van der Waals surface area contributed by atoms with Crippen molar-refractivity contribution in [3.05, 3.63) is 63.8 Å². The van der Waals surface area contributed by atoms with Crippen LogP contribution in [0.5, 0.6) is 11.5 Å². The first-order valence-electron chi connectivity index (χ1n) is 8.42. The Bertz CT molecular complexity index is 958. The largest absolute Gasteiger partial charge is 0.466 e. The quantitative estimate of drug-likeness (QED) is 0.649. The molecule has 29 heavy (non-hydrogen) atoms. The normalized spacial score (nSPS) is 13.9. The number of methoxy groups -OCH3 is 2. The van der Waals surface area contributed by atoms with Gasteiger partial charge in [0.2, 0.25) is 0 Å². The molecule has 0 saturated carbocycles. The molecule has 0 spiro atoms. The summed E-state index contributed by atoms with van der Waals surface area (Å²) in [5.74, 6) is -0.510. The molecule has 0 N–H and O–H groups in total. The lowest BCUT2D eigenvalue weighted by Gasteiger charge is -2.32. The molecule has 0 radical (unpaired) electrons. The average Bonchev–Trinajstić information content (AvgIpc) is 2.74. The minimum Gasteiger partial charge on any atom is -0.466 e. The molecule has 3 rings (SSSR count). The van der Waals surface area contributed by atoms with Gasteiger partial charge in [0.1, 0.15) is 18.2 Å². The van der Waals surface area contributed by atoms with Crippen molar-refractivity contribution in [2.24, 2.45) is 0 Å². The van der Waals surface area contributed by atoms with Crippen LogP contribution < -0.4 is 9.64 Å². The van der Waals surface area contributed by atoms with E-state index in [4.69, 9.17) is 42.1 Å². The van der Waals surface area contributed by atoms with E-state index >= 15 is 0 Å². The lowest BCUT2D eigenvalue weighted by atomic mass is 10.1. The van der Waals surface area contributed by atoms with Crippen LogP contribution in [0, 0.1) is 0 Å². The molecule has 0 aromatic heterocycles. The Morgan fingerprint density at radius 1 is 0.966 bits per heavy atom. The van der Waals surface area contributed by atoms with Gasteiger partial charge in [0.25, 0.3) is 0 Å². The van der Waals surface area contributed by atoms with E-state index < -0.39 is 11.9 Å². The van der Waals surface area contributed by atoms with Gasteiger partial charge in [-0.2, -0.15) is 0 Å². The van der Waals surface area contributed by atoms with E-state index in [1.165, 1.54) is 19.1 Å². The third-order valence-electron chi connectivity index (χ3n) is 4.09. The number of rotatable bonds is 5. The van der Waals surface area contributed by atoms with E-state index in [0.29, 0.717) is 27.2 Å². The second kappa shape index (κ2) is 9.17. The summed E-state index contributed by atoms with van der Waals surface area (Å²) in [5.41, 5.74) is 0.436. The van der Waals surface area contributed by atoms with Gasteiger partial charge in [-0.25, -0.2) is 9.59 Å². The van der Waals surface area contributed by atoms with Crippen LogP contribution >= 0.6 is 23.2 Å². The third-order valence-corrected chi connectivity index (χ3v) is 4.57. The number of hydrogen-bond acceptors (Lipinski definition) is 7. The van der Waals surface area contributed by atoms with Crippen molar-refractivity contribution in [3.63, 3.8) is 0 Å². The maximum atomic E-state index is 12.5. The molecule has 0 bridgehead atoms. The van der Waals surface area contributed by atoms with Crippen molar-refractivity contribution in [2.45, 2.75) is 0 Å². The molecule has 9 heteroatoms. The molecular weight excluding hydrogens is 421 g/mol. The van der Waals surface area contributed by atoms with Crippen molar-refractivity contribution in [1.82, 2.24) is 0 Å². The Labute approximate surface area is 177 Å². The van der Waals surface area contributed by atoms with E-state index in [2.05, 4.69) is 0 Å². The number of benzene rings is 2. The van der Waals surface area contributed by atoms with Crippen molar-refractivity contribution < 1.29 is 28.5 Å². The Kier molecular flexibility index (Phi) is 6.64. The summed E-state index contributed by atoms with van der Waals surface area (Å²) in [5, 5.41) is 0.967. The number of carbonyl (C=O) groups excluding carboxylic acids is 2. The Balaban J connectivity index is 2.09. The molecule has 1 aliphatic heterocycles. The van der Waals surface area contributed by atoms with Gasteiger partial charge in [0.05, 0.1) is 32.1 Å².